The molecule has 0 spiro atoms. The molecule has 2 rings (SSSR count). The SMILES string of the molecule is COCCC1(CNCC(=O)Nc2c(F)cccc2F)CC1. The van der Waals surface area contributed by atoms with Crippen molar-refractivity contribution in [1.29, 1.82) is 0 Å². The van der Waals surface area contributed by atoms with Gasteiger partial charge in [-0.2, -0.15) is 0 Å². The molecule has 0 heterocycles. The van der Waals surface area contributed by atoms with Crippen molar-refractivity contribution >= 4 is 11.6 Å². The van der Waals surface area contributed by atoms with E-state index in [1.165, 1.54) is 6.07 Å². The molecule has 0 radical (unpaired) electrons. The van der Waals surface area contributed by atoms with Crippen LogP contribution >= 0.6 is 0 Å². The molecule has 1 aliphatic rings. The molecule has 0 unspecified atom stereocenters. The summed E-state index contributed by atoms with van der Waals surface area (Å²) in [6, 6.07) is 3.47. The molecule has 1 fully saturated rings. The highest BCUT2D eigenvalue weighted by atomic mass is 19.1. The van der Waals surface area contributed by atoms with Gasteiger partial charge in [-0.1, -0.05) is 6.07 Å². The molecule has 0 atom stereocenters. The second-order valence-corrected chi connectivity index (χ2v) is 5.49. The summed E-state index contributed by atoms with van der Waals surface area (Å²) in [6.07, 6.45) is 3.19. The molecule has 116 valence electrons. The molecule has 1 saturated carbocycles. The maximum absolute atomic E-state index is 13.4. The number of hydrogen-bond acceptors (Lipinski definition) is 3. The summed E-state index contributed by atoms with van der Waals surface area (Å²) in [5, 5.41) is 5.30. The lowest BCUT2D eigenvalue weighted by atomic mass is 10.0. The van der Waals surface area contributed by atoms with Crippen LogP contribution in [0.25, 0.3) is 0 Å². The number of carbonyl (C=O) groups excluding carboxylic acids is 1. The minimum atomic E-state index is -0.776. The van der Waals surface area contributed by atoms with Gasteiger partial charge >= 0.3 is 0 Å². The molecule has 21 heavy (non-hydrogen) atoms. The number of hydrogen-bond donors (Lipinski definition) is 2. The molecule has 6 heteroatoms. The van der Waals surface area contributed by atoms with Gasteiger partial charge in [0.2, 0.25) is 5.91 Å². The predicted molar refractivity (Wildman–Crippen MR) is 76.0 cm³/mol. The second kappa shape index (κ2) is 6.95. The molecule has 0 saturated heterocycles. The Bertz CT molecular complexity index is 484. The Morgan fingerprint density at radius 3 is 2.57 bits per heavy atom. The van der Waals surface area contributed by atoms with Crippen LogP contribution in [-0.4, -0.2) is 32.7 Å². The van der Waals surface area contributed by atoms with Crippen molar-refractivity contribution in [2.24, 2.45) is 5.41 Å². The van der Waals surface area contributed by atoms with E-state index in [1.807, 2.05) is 0 Å². The highest BCUT2D eigenvalue weighted by Crippen LogP contribution is 2.48. The van der Waals surface area contributed by atoms with Gasteiger partial charge in [-0.25, -0.2) is 8.78 Å². The van der Waals surface area contributed by atoms with E-state index in [4.69, 9.17) is 4.74 Å². The van der Waals surface area contributed by atoms with E-state index in [2.05, 4.69) is 10.6 Å². The Morgan fingerprint density at radius 2 is 2.00 bits per heavy atom. The predicted octanol–water partition coefficient (Wildman–Crippen LogP) is 2.31. The first-order valence-corrected chi connectivity index (χ1v) is 7.00. The molecule has 1 aromatic rings. The van der Waals surface area contributed by atoms with Crippen LogP contribution in [0.5, 0.6) is 0 Å². The van der Waals surface area contributed by atoms with Gasteiger partial charge in [0.1, 0.15) is 17.3 Å². The first-order valence-electron chi connectivity index (χ1n) is 7.00. The molecule has 0 aromatic heterocycles. The average Bonchev–Trinajstić information content (AvgIpc) is 3.21. The molecule has 4 nitrogen and oxygen atoms in total. The maximum atomic E-state index is 13.4. The van der Waals surface area contributed by atoms with Crippen molar-refractivity contribution in [3.05, 3.63) is 29.8 Å². The summed E-state index contributed by atoms with van der Waals surface area (Å²) in [5.74, 6) is -2.01. The molecule has 1 amide bonds. The first-order chi connectivity index (χ1) is 10.1. The van der Waals surface area contributed by atoms with Gasteiger partial charge in [0.15, 0.2) is 0 Å². The molecule has 0 bridgehead atoms. The lowest BCUT2D eigenvalue weighted by Crippen LogP contribution is -2.33. The summed E-state index contributed by atoms with van der Waals surface area (Å²) in [7, 11) is 1.67. The first kappa shape index (κ1) is 15.9. The van der Waals surface area contributed by atoms with Crippen LogP contribution in [-0.2, 0) is 9.53 Å². The van der Waals surface area contributed by atoms with Crippen molar-refractivity contribution in [2.75, 3.05) is 32.1 Å². The van der Waals surface area contributed by atoms with Gasteiger partial charge < -0.3 is 15.4 Å². The van der Waals surface area contributed by atoms with Crippen molar-refractivity contribution < 1.29 is 18.3 Å². The Labute approximate surface area is 122 Å². The fourth-order valence-electron chi connectivity index (χ4n) is 2.25. The van der Waals surface area contributed by atoms with Crippen LogP contribution in [0.2, 0.25) is 0 Å². The molecule has 1 aliphatic carbocycles. The summed E-state index contributed by atoms with van der Waals surface area (Å²) >= 11 is 0. The van der Waals surface area contributed by atoms with Gasteiger partial charge in [-0.05, 0) is 36.8 Å². The monoisotopic (exact) mass is 298 g/mol. The Kier molecular flexibility index (Phi) is 5.25. The third kappa shape index (κ3) is 4.47. The number of methoxy groups -OCH3 is 1. The van der Waals surface area contributed by atoms with Crippen molar-refractivity contribution in [3.8, 4) is 0 Å². The zero-order valence-corrected chi connectivity index (χ0v) is 12.0. The van der Waals surface area contributed by atoms with Crippen molar-refractivity contribution in [1.82, 2.24) is 5.32 Å². The molecular weight excluding hydrogens is 278 g/mol. The molecular formula is C15H20F2N2O2. The lowest BCUT2D eigenvalue weighted by molar-refractivity contribution is -0.115. The lowest BCUT2D eigenvalue weighted by Gasteiger charge is -2.15. The average molecular weight is 298 g/mol. The Morgan fingerprint density at radius 1 is 1.33 bits per heavy atom. The highest BCUT2D eigenvalue weighted by molar-refractivity contribution is 5.92. The number of para-hydroxylation sites is 1. The van der Waals surface area contributed by atoms with E-state index in [0.29, 0.717) is 13.2 Å². The standard InChI is InChI=1S/C15H20F2N2O2/c1-21-8-7-15(5-6-15)10-18-9-13(20)19-14-11(16)3-2-4-12(14)17/h2-4,18H,5-10H2,1H3,(H,19,20). The fraction of sp³-hybridized carbons (Fsp3) is 0.533. The van der Waals surface area contributed by atoms with Crippen molar-refractivity contribution in [2.45, 2.75) is 19.3 Å². The third-order valence-corrected chi connectivity index (χ3v) is 3.81. The van der Waals surface area contributed by atoms with E-state index >= 15 is 0 Å². The topological polar surface area (TPSA) is 50.4 Å². The van der Waals surface area contributed by atoms with Crippen LogP contribution in [0, 0.1) is 17.0 Å². The van der Waals surface area contributed by atoms with Gasteiger partial charge in [0.25, 0.3) is 0 Å². The number of halogens is 2. The van der Waals surface area contributed by atoms with E-state index in [-0.39, 0.29) is 12.0 Å². The van der Waals surface area contributed by atoms with Crippen molar-refractivity contribution in [3.63, 3.8) is 0 Å². The van der Waals surface area contributed by atoms with E-state index < -0.39 is 23.2 Å². The minimum Gasteiger partial charge on any atom is -0.385 e. The maximum Gasteiger partial charge on any atom is 0.238 e. The van der Waals surface area contributed by atoms with Crippen LogP contribution in [0.3, 0.4) is 0 Å². The fourth-order valence-corrected chi connectivity index (χ4v) is 2.25. The van der Waals surface area contributed by atoms with Gasteiger partial charge in [-0.3, -0.25) is 4.79 Å². The number of rotatable bonds is 8. The molecule has 0 aliphatic heterocycles. The van der Waals surface area contributed by atoms with Crippen LogP contribution in [0.1, 0.15) is 19.3 Å². The smallest absolute Gasteiger partial charge is 0.238 e. The highest BCUT2D eigenvalue weighted by Gasteiger charge is 2.41. The largest absolute Gasteiger partial charge is 0.385 e. The number of amides is 1. The second-order valence-electron chi connectivity index (χ2n) is 5.49. The number of nitrogens with one attached hydrogen (secondary N) is 2. The van der Waals surface area contributed by atoms with Gasteiger partial charge in [0, 0.05) is 20.3 Å². The number of carbonyl (C=O) groups is 1. The Balaban J connectivity index is 1.75. The number of anilines is 1. The summed E-state index contributed by atoms with van der Waals surface area (Å²) in [4.78, 5) is 11.7. The van der Waals surface area contributed by atoms with Crippen LogP contribution < -0.4 is 10.6 Å². The summed E-state index contributed by atoms with van der Waals surface area (Å²) < 4.78 is 31.8. The van der Waals surface area contributed by atoms with Crippen LogP contribution in [0.15, 0.2) is 18.2 Å². The Hall–Kier alpha value is -1.53. The van der Waals surface area contributed by atoms with E-state index in [0.717, 1.165) is 31.4 Å². The normalized spacial score (nSPS) is 15.8. The quantitative estimate of drug-likeness (QED) is 0.774. The number of benzene rings is 1. The summed E-state index contributed by atoms with van der Waals surface area (Å²) in [6.45, 7) is 1.44. The summed E-state index contributed by atoms with van der Waals surface area (Å²) in [5.41, 5.74) is -0.177. The minimum absolute atomic E-state index is 0.0303. The zero-order chi connectivity index (χ0) is 15.3. The van der Waals surface area contributed by atoms with Gasteiger partial charge in [0.05, 0.1) is 6.54 Å². The number of ether oxygens (including phenoxy) is 1. The van der Waals surface area contributed by atoms with E-state index in [1.54, 1.807) is 7.11 Å². The zero-order valence-electron chi connectivity index (χ0n) is 12.0. The van der Waals surface area contributed by atoms with E-state index in [9.17, 15) is 13.6 Å². The molecule has 1 aromatic carbocycles. The van der Waals surface area contributed by atoms with Crippen LogP contribution in [0.4, 0.5) is 14.5 Å². The van der Waals surface area contributed by atoms with Gasteiger partial charge in [-0.15, -0.1) is 0 Å². The third-order valence-electron chi connectivity index (χ3n) is 3.81. The molecule has 2 N–H and O–H groups in total.